The average Bonchev–Trinajstić information content (AvgIpc) is 2.90. The van der Waals surface area contributed by atoms with Gasteiger partial charge in [0, 0.05) is 43.2 Å². The first-order chi connectivity index (χ1) is 12.6. The first-order valence-corrected chi connectivity index (χ1v) is 9.94. The SMILES string of the molecule is Cn1c(I)c(CC2CC(=O)C=CN2Cc2ccccc2)c2ccccc21. The van der Waals surface area contributed by atoms with Crippen molar-refractivity contribution in [2.24, 2.45) is 7.05 Å². The zero-order valence-electron chi connectivity index (χ0n) is 14.7. The summed E-state index contributed by atoms with van der Waals surface area (Å²) in [5, 5.41) is 1.29. The maximum absolute atomic E-state index is 12.1. The van der Waals surface area contributed by atoms with E-state index in [1.165, 1.54) is 25.7 Å². The Morgan fingerprint density at radius 2 is 1.81 bits per heavy atom. The molecule has 3 aromatic rings. The Hall–Kier alpha value is -2.08. The molecule has 1 aliphatic heterocycles. The van der Waals surface area contributed by atoms with Gasteiger partial charge in [-0.1, -0.05) is 48.5 Å². The molecule has 0 saturated carbocycles. The van der Waals surface area contributed by atoms with Crippen molar-refractivity contribution in [1.29, 1.82) is 0 Å². The highest BCUT2D eigenvalue weighted by Crippen LogP contribution is 2.30. The van der Waals surface area contributed by atoms with Crippen molar-refractivity contribution in [3.8, 4) is 0 Å². The summed E-state index contributed by atoms with van der Waals surface area (Å²) >= 11 is 2.43. The third-order valence-corrected chi connectivity index (χ3v) is 6.51. The Bertz CT molecular complexity index is 974. The second-order valence-electron chi connectivity index (χ2n) is 6.85. The number of aryl methyl sites for hydroxylation is 1. The van der Waals surface area contributed by atoms with Crippen molar-refractivity contribution < 1.29 is 4.79 Å². The Balaban J connectivity index is 1.66. The third kappa shape index (κ3) is 3.30. The lowest BCUT2D eigenvalue weighted by atomic mass is 9.96. The van der Waals surface area contributed by atoms with Crippen LogP contribution in [-0.2, 0) is 24.8 Å². The molecule has 0 bridgehead atoms. The molecule has 1 aromatic heterocycles. The first kappa shape index (κ1) is 17.3. The average molecular weight is 456 g/mol. The maximum atomic E-state index is 12.1. The Morgan fingerprint density at radius 3 is 2.62 bits per heavy atom. The van der Waals surface area contributed by atoms with E-state index in [0.29, 0.717) is 6.42 Å². The molecule has 0 saturated heterocycles. The van der Waals surface area contributed by atoms with Crippen LogP contribution in [0.25, 0.3) is 10.9 Å². The molecular formula is C22H21IN2O. The van der Waals surface area contributed by atoms with Gasteiger partial charge in [0.05, 0.1) is 3.70 Å². The smallest absolute Gasteiger partial charge is 0.159 e. The maximum Gasteiger partial charge on any atom is 0.159 e. The molecule has 2 heterocycles. The topological polar surface area (TPSA) is 25.2 Å². The molecule has 0 spiro atoms. The number of nitrogens with zero attached hydrogens (tertiary/aromatic N) is 2. The predicted molar refractivity (Wildman–Crippen MR) is 114 cm³/mol. The van der Waals surface area contributed by atoms with Crippen LogP contribution in [0.1, 0.15) is 17.5 Å². The largest absolute Gasteiger partial charge is 0.369 e. The van der Waals surface area contributed by atoms with Crippen LogP contribution in [0.5, 0.6) is 0 Å². The second-order valence-corrected chi connectivity index (χ2v) is 7.87. The van der Waals surface area contributed by atoms with E-state index in [1.54, 1.807) is 6.08 Å². The molecule has 132 valence electrons. The van der Waals surface area contributed by atoms with Crippen LogP contribution in [0, 0.1) is 3.70 Å². The minimum Gasteiger partial charge on any atom is -0.369 e. The van der Waals surface area contributed by atoms with E-state index in [1.807, 2.05) is 12.3 Å². The van der Waals surface area contributed by atoms with E-state index in [4.69, 9.17) is 0 Å². The number of hydrogen-bond donors (Lipinski definition) is 0. The fraction of sp³-hybridized carbons (Fsp3) is 0.227. The summed E-state index contributed by atoms with van der Waals surface area (Å²) in [4.78, 5) is 14.4. The van der Waals surface area contributed by atoms with Crippen molar-refractivity contribution in [2.45, 2.75) is 25.4 Å². The molecule has 0 N–H and O–H groups in total. The minimum atomic E-state index is 0.187. The summed E-state index contributed by atoms with van der Waals surface area (Å²) in [6.45, 7) is 0.830. The molecule has 0 radical (unpaired) electrons. The monoisotopic (exact) mass is 456 g/mol. The highest BCUT2D eigenvalue weighted by Gasteiger charge is 2.25. The van der Waals surface area contributed by atoms with Crippen LogP contribution in [0.15, 0.2) is 66.9 Å². The summed E-state index contributed by atoms with van der Waals surface area (Å²) in [5.74, 6) is 0.217. The Kier molecular flexibility index (Phi) is 4.85. The van der Waals surface area contributed by atoms with Crippen LogP contribution in [0.2, 0.25) is 0 Å². The molecule has 0 amide bonds. The van der Waals surface area contributed by atoms with E-state index >= 15 is 0 Å². The standard InChI is InChI=1S/C22H21IN2O/c1-24-21-10-6-5-9-19(21)20(22(24)23)14-17-13-18(26)11-12-25(17)15-16-7-3-2-4-8-16/h2-12,17H,13-15H2,1H3. The summed E-state index contributed by atoms with van der Waals surface area (Å²) in [6.07, 6.45) is 5.14. The number of carbonyl (C=O) groups excluding carboxylic acids is 1. The van der Waals surface area contributed by atoms with Gasteiger partial charge in [-0.3, -0.25) is 4.79 Å². The minimum absolute atomic E-state index is 0.187. The van der Waals surface area contributed by atoms with E-state index in [9.17, 15) is 4.79 Å². The Morgan fingerprint density at radius 1 is 1.08 bits per heavy atom. The van der Waals surface area contributed by atoms with Crippen LogP contribution in [-0.4, -0.2) is 21.3 Å². The van der Waals surface area contributed by atoms with Gasteiger partial charge in [0.2, 0.25) is 0 Å². The number of carbonyl (C=O) groups is 1. The van der Waals surface area contributed by atoms with Gasteiger partial charge in [0.1, 0.15) is 0 Å². The highest BCUT2D eigenvalue weighted by molar-refractivity contribution is 14.1. The van der Waals surface area contributed by atoms with Gasteiger partial charge < -0.3 is 9.47 Å². The van der Waals surface area contributed by atoms with Crippen LogP contribution < -0.4 is 0 Å². The number of fused-ring (bicyclic) bond motifs is 1. The molecule has 2 aromatic carbocycles. The first-order valence-electron chi connectivity index (χ1n) is 8.86. The van der Waals surface area contributed by atoms with Crippen molar-refractivity contribution >= 4 is 39.3 Å². The van der Waals surface area contributed by atoms with Crippen LogP contribution >= 0.6 is 22.6 Å². The van der Waals surface area contributed by atoms with Gasteiger partial charge in [-0.2, -0.15) is 0 Å². The van der Waals surface area contributed by atoms with Gasteiger partial charge in [-0.15, -0.1) is 0 Å². The zero-order valence-corrected chi connectivity index (χ0v) is 16.9. The molecule has 1 atom stereocenters. The van der Waals surface area contributed by atoms with Crippen molar-refractivity contribution in [1.82, 2.24) is 9.47 Å². The number of rotatable bonds is 4. The summed E-state index contributed by atoms with van der Waals surface area (Å²) in [6, 6.07) is 19.2. The van der Waals surface area contributed by atoms with Gasteiger partial charge >= 0.3 is 0 Å². The molecule has 1 unspecified atom stereocenters. The number of benzene rings is 2. The summed E-state index contributed by atoms with van der Waals surface area (Å²) in [7, 11) is 2.11. The Labute approximate surface area is 167 Å². The molecule has 3 nitrogen and oxygen atoms in total. The predicted octanol–water partition coefficient (Wildman–Crippen LogP) is 4.68. The molecular weight excluding hydrogens is 435 g/mol. The van der Waals surface area contributed by atoms with E-state index in [-0.39, 0.29) is 11.8 Å². The number of halogens is 1. The lowest BCUT2D eigenvalue weighted by Crippen LogP contribution is -2.37. The van der Waals surface area contributed by atoms with Crippen molar-refractivity contribution in [2.75, 3.05) is 0 Å². The summed E-state index contributed by atoms with van der Waals surface area (Å²) in [5.41, 5.74) is 3.86. The third-order valence-electron chi connectivity index (χ3n) is 5.14. The fourth-order valence-electron chi connectivity index (χ4n) is 3.75. The fourth-order valence-corrected chi connectivity index (χ4v) is 4.52. The molecule has 0 fully saturated rings. The number of allylic oxidation sites excluding steroid dienone is 1. The zero-order chi connectivity index (χ0) is 18.1. The van der Waals surface area contributed by atoms with E-state index < -0.39 is 0 Å². The quantitative estimate of drug-likeness (QED) is 0.533. The van der Waals surface area contributed by atoms with Crippen molar-refractivity contribution in [3.05, 3.63) is 81.7 Å². The van der Waals surface area contributed by atoms with Gasteiger partial charge in [0.15, 0.2) is 5.78 Å². The number of hydrogen-bond acceptors (Lipinski definition) is 2. The second kappa shape index (κ2) is 7.27. The molecule has 4 heteroatoms. The van der Waals surface area contributed by atoms with E-state index in [0.717, 1.165) is 13.0 Å². The number of para-hydroxylation sites is 1. The van der Waals surface area contributed by atoms with Crippen LogP contribution in [0.4, 0.5) is 0 Å². The number of aromatic nitrogens is 1. The summed E-state index contributed by atoms with van der Waals surface area (Å²) < 4.78 is 3.50. The lowest BCUT2D eigenvalue weighted by molar-refractivity contribution is -0.116. The van der Waals surface area contributed by atoms with Gasteiger partial charge in [-0.25, -0.2) is 0 Å². The van der Waals surface area contributed by atoms with Crippen molar-refractivity contribution in [3.63, 3.8) is 0 Å². The molecule has 0 aliphatic carbocycles. The normalized spacial score (nSPS) is 17.2. The van der Waals surface area contributed by atoms with E-state index in [2.05, 4.69) is 87.6 Å². The molecule has 4 rings (SSSR count). The van der Waals surface area contributed by atoms with Gasteiger partial charge in [0.25, 0.3) is 0 Å². The lowest BCUT2D eigenvalue weighted by Gasteiger charge is -2.33. The highest BCUT2D eigenvalue weighted by atomic mass is 127. The number of ketones is 1. The molecule has 1 aliphatic rings. The molecule has 26 heavy (non-hydrogen) atoms. The van der Waals surface area contributed by atoms with Crippen LogP contribution in [0.3, 0.4) is 0 Å². The van der Waals surface area contributed by atoms with Gasteiger partial charge in [-0.05, 0) is 52.3 Å².